The lowest BCUT2D eigenvalue weighted by atomic mass is 9.98. The summed E-state index contributed by atoms with van der Waals surface area (Å²) in [7, 11) is 0. The van der Waals surface area contributed by atoms with E-state index in [1.165, 1.54) is 25.9 Å². The van der Waals surface area contributed by atoms with Gasteiger partial charge in [-0.2, -0.15) is 9.97 Å². The fourth-order valence-electron chi connectivity index (χ4n) is 10.8. The van der Waals surface area contributed by atoms with Crippen molar-refractivity contribution in [2.24, 2.45) is 0 Å². The molecule has 15 aromatic rings. The van der Waals surface area contributed by atoms with Gasteiger partial charge in [0.25, 0.3) is 0 Å². The Morgan fingerprint density at radius 1 is 0.357 bits per heavy atom. The van der Waals surface area contributed by atoms with E-state index in [0.717, 1.165) is 98.9 Å². The van der Waals surface area contributed by atoms with Crippen molar-refractivity contribution in [3.05, 3.63) is 224 Å². The monoisotopic (exact) mass is 911 g/mol. The van der Waals surface area contributed by atoms with Gasteiger partial charge in [0, 0.05) is 63.6 Å². The Balaban J connectivity index is 1.06. The zero-order valence-electron chi connectivity index (χ0n) is 37.4. The normalized spacial score (nSPS) is 12.0. The molecular weight excluding hydrogens is 875 g/mol. The molecule has 6 nitrogen and oxygen atoms in total. The molecule has 5 heterocycles. The lowest BCUT2D eigenvalue weighted by Gasteiger charge is -2.15. The minimum absolute atomic E-state index is 0.539. The third-order valence-corrected chi connectivity index (χ3v) is 15.1. The highest BCUT2D eigenvalue weighted by molar-refractivity contribution is 7.25. The molecule has 70 heavy (non-hydrogen) atoms. The smallest absolute Gasteiger partial charge is 0.238 e. The molecule has 0 radical (unpaired) electrons. The molecule has 0 fully saturated rings. The molecule has 326 valence electrons. The maximum Gasteiger partial charge on any atom is 0.238 e. The molecule has 0 atom stereocenters. The summed E-state index contributed by atoms with van der Waals surface area (Å²) in [5.41, 5.74) is 13.2. The Hall–Kier alpha value is -9.17. The number of hydrogen-bond donors (Lipinski definition) is 0. The number of para-hydroxylation sites is 3. The average Bonchev–Trinajstić information content (AvgIpc) is 4.19. The number of furan rings is 1. The van der Waals surface area contributed by atoms with Crippen molar-refractivity contribution in [2.45, 2.75) is 0 Å². The SMILES string of the molecule is c1ccc(-c2ccc(-c3cc(-n4c5ccccc5c5ccc6c7ccccc7n(-c7nc(-c8ccccc8)nc(-c8cccc9sc%10ccccc%10c89)n7)c6c54)c4oc5ccccc5c4c3)cc2)cc1. The van der Waals surface area contributed by atoms with E-state index in [2.05, 4.69) is 209 Å². The summed E-state index contributed by atoms with van der Waals surface area (Å²) >= 11 is 1.79. The van der Waals surface area contributed by atoms with Crippen molar-refractivity contribution in [2.75, 3.05) is 0 Å². The Labute approximate surface area is 404 Å². The van der Waals surface area contributed by atoms with Gasteiger partial charge in [0.1, 0.15) is 5.58 Å². The van der Waals surface area contributed by atoms with E-state index >= 15 is 0 Å². The van der Waals surface area contributed by atoms with E-state index in [1.54, 1.807) is 11.3 Å². The Morgan fingerprint density at radius 3 is 1.66 bits per heavy atom. The molecule has 0 saturated heterocycles. The molecule has 5 aromatic heterocycles. The van der Waals surface area contributed by atoms with E-state index < -0.39 is 0 Å². The molecule has 0 saturated carbocycles. The van der Waals surface area contributed by atoms with Gasteiger partial charge >= 0.3 is 0 Å². The summed E-state index contributed by atoms with van der Waals surface area (Å²) in [6.07, 6.45) is 0. The topological polar surface area (TPSA) is 61.7 Å². The fraction of sp³-hybridized carbons (Fsp3) is 0. The molecule has 0 aliphatic heterocycles. The summed E-state index contributed by atoms with van der Waals surface area (Å²) in [6, 6.07) is 79.6. The fourth-order valence-corrected chi connectivity index (χ4v) is 12.0. The second kappa shape index (κ2) is 15.2. The molecule has 0 aliphatic rings. The van der Waals surface area contributed by atoms with Gasteiger partial charge in [0.2, 0.25) is 5.95 Å². The maximum atomic E-state index is 6.99. The highest BCUT2D eigenvalue weighted by atomic mass is 32.1. The van der Waals surface area contributed by atoms with Crippen LogP contribution in [0.5, 0.6) is 0 Å². The van der Waals surface area contributed by atoms with E-state index in [0.29, 0.717) is 17.6 Å². The predicted octanol–water partition coefficient (Wildman–Crippen LogP) is 17.0. The van der Waals surface area contributed by atoms with Crippen LogP contribution >= 0.6 is 11.3 Å². The van der Waals surface area contributed by atoms with Crippen LogP contribution in [-0.2, 0) is 0 Å². The number of aromatic nitrogens is 5. The van der Waals surface area contributed by atoms with E-state index in [9.17, 15) is 0 Å². The van der Waals surface area contributed by atoms with Gasteiger partial charge < -0.3 is 8.98 Å². The van der Waals surface area contributed by atoms with Gasteiger partial charge in [-0.05, 0) is 64.7 Å². The van der Waals surface area contributed by atoms with Crippen LogP contribution < -0.4 is 0 Å². The predicted molar refractivity (Wildman–Crippen MR) is 290 cm³/mol. The van der Waals surface area contributed by atoms with Gasteiger partial charge in [-0.3, -0.25) is 4.57 Å². The van der Waals surface area contributed by atoms with E-state index in [-0.39, 0.29) is 0 Å². The Kier molecular flexibility index (Phi) is 8.43. The van der Waals surface area contributed by atoms with Gasteiger partial charge in [-0.1, -0.05) is 182 Å². The molecule has 0 bridgehead atoms. The van der Waals surface area contributed by atoms with Crippen molar-refractivity contribution < 1.29 is 4.42 Å². The summed E-state index contributed by atoms with van der Waals surface area (Å²) in [4.78, 5) is 16.3. The van der Waals surface area contributed by atoms with Crippen LogP contribution in [0, 0.1) is 0 Å². The first-order chi connectivity index (χ1) is 34.7. The number of fused-ring (bicyclic) bond motifs is 13. The molecule has 0 amide bonds. The number of nitrogens with zero attached hydrogens (tertiary/aromatic N) is 5. The van der Waals surface area contributed by atoms with Crippen molar-refractivity contribution in [1.29, 1.82) is 0 Å². The van der Waals surface area contributed by atoms with Crippen LogP contribution in [0.25, 0.3) is 142 Å². The first kappa shape index (κ1) is 38.9. The molecule has 15 rings (SSSR count). The number of rotatable bonds is 6. The zero-order chi connectivity index (χ0) is 45.9. The number of hydrogen-bond acceptors (Lipinski definition) is 5. The molecule has 0 N–H and O–H groups in total. The second-order valence-electron chi connectivity index (χ2n) is 17.9. The highest BCUT2D eigenvalue weighted by Gasteiger charge is 2.26. The Morgan fingerprint density at radius 2 is 0.914 bits per heavy atom. The first-order valence-corrected chi connectivity index (χ1v) is 24.3. The molecule has 10 aromatic carbocycles. The van der Waals surface area contributed by atoms with Crippen LogP contribution in [0.3, 0.4) is 0 Å². The minimum atomic E-state index is 0.539. The lowest BCUT2D eigenvalue weighted by Crippen LogP contribution is -2.07. The summed E-state index contributed by atoms with van der Waals surface area (Å²) in [5, 5.41) is 8.90. The van der Waals surface area contributed by atoms with Crippen molar-refractivity contribution in [3.8, 4) is 56.7 Å². The molecule has 0 spiro atoms. The molecule has 7 heteroatoms. The third-order valence-electron chi connectivity index (χ3n) is 14.0. The van der Waals surface area contributed by atoms with Crippen molar-refractivity contribution in [3.63, 3.8) is 0 Å². The minimum Gasteiger partial charge on any atom is -0.454 e. The summed E-state index contributed by atoms with van der Waals surface area (Å²) < 4.78 is 14.1. The summed E-state index contributed by atoms with van der Waals surface area (Å²) in [6.45, 7) is 0. The number of thiophene rings is 1. The lowest BCUT2D eigenvalue weighted by molar-refractivity contribution is 0.666. The quantitative estimate of drug-likeness (QED) is 0.167. The largest absolute Gasteiger partial charge is 0.454 e. The standard InChI is InChI=1S/C63H37N5OS/c1-3-16-38(17-4-1)39-30-32-40(33-31-39)42-36-50-45-22-9-13-27-54(45)69-60(50)53(37-42)67-51-25-11-7-20-43(51)46-34-35-47-44-21-8-12-26-52(44)68(59(47)58(46)67)63-65-61(41-18-5-2-6-19-41)64-62(66-63)49-24-15-29-56-57(49)48-23-10-14-28-55(48)70-56/h1-37H. The van der Waals surface area contributed by atoms with Gasteiger partial charge in [0.15, 0.2) is 17.2 Å². The van der Waals surface area contributed by atoms with Crippen LogP contribution in [0.1, 0.15) is 0 Å². The average molecular weight is 912 g/mol. The zero-order valence-corrected chi connectivity index (χ0v) is 38.2. The number of benzene rings is 10. The van der Waals surface area contributed by atoms with Gasteiger partial charge in [-0.15, -0.1) is 11.3 Å². The first-order valence-electron chi connectivity index (χ1n) is 23.5. The third kappa shape index (κ3) is 5.82. The van der Waals surface area contributed by atoms with Crippen molar-refractivity contribution in [1.82, 2.24) is 24.1 Å². The van der Waals surface area contributed by atoms with Gasteiger partial charge in [0.05, 0.1) is 27.8 Å². The second-order valence-corrected chi connectivity index (χ2v) is 19.0. The van der Waals surface area contributed by atoms with E-state index in [1.807, 2.05) is 24.3 Å². The van der Waals surface area contributed by atoms with Crippen LogP contribution in [0.4, 0.5) is 0 Å². The highest BCUT2D eigenvalue weighted by Crippen LogP contribution is 2.46. The van der Waals surface area contributed by atoms with Crippen LogP contribution in [-0.4, -0.2) is 24.1 Å². The Bertz CT molecular complexity index is 4580. The molecule has 0 unspecified atom stereocenters. The van der Waals surface area contributed by atoms with Gasteiger partial charge in [-0.25, -0.2) is 4.98 Å². The van der Waals surface area contributed by atoms with Crippen molar-refractivity contribution >= 4 is 97.1 Å². The van der Waals surface area contributed by atoms with Crippen LogP contribution in [0.2, 0.25) is 0 Å². The molecular formula is C63H37N5OS. The van der Waals surface area contributed by atoms with E-state index in [4.69, 9.17) is 19.4 Å². The molecule has 0 aliphatic carbocycles. The summed E-state index contributed by atoms with van der Waals surface area (Å²) in [5.74, 6) is 1.76. The van der Waals surface area contributed by atoms with Crippen LogP contribution in [0.15, 0.2) is 229 Å². The maximum absolute atomic E-state index is 6.99.